The van der Waals surface area contributed by atoms with Gasteiger partial charge >= 0.3 is 0 Å². The van der Waals surface area contributed by atoms with Crippen molar-refractivity contribution in [2.75, 3.05) is 0 Å². The molecule has 2 nitrogen and oxygen atoms in total. The van der Waals surface area contributed by atoms with Gasteiger partial charge in [-0.25, -0.2) is 4.98 Å². The van der Waals surface area contributed by atoms with Gasteiger partial charge in [0.05, 0.1) is 5.69 Å². The number of halogens is 2. The van der Waals surface area contributed by atoms with E-state index >= 15 is 0 Å². The van der Waals surface area contributed by atoms with Gasteiger partial charge in [-0.1, -0.05) is 41.4 Å². The normalized spacial score (nSPS) is 11.1. The molecule has 0 aliphatic heterocycles. The van der Waals surface area contributed by atoms with E-state index in [0.29, 0.717) is 10.2 Å². The van der Waals surface area contributed by atoms with E-state index in [1.165, 1.54) is 0 Å². The van der Waals surface area contributed by atoms with Crippen LogP contribution in [0.15, 0.2) is 42.6 Å². The largest absolute Gasteiger partial charge is 0.298 e. The lowest BCUT2D eigenvalue weighted by Crippen LogP contribution is -1.89. The monoisotopic (exact) mass is 276 g/mol. The average molecular weight is 277 g/mol. The van der Waals surface area contributed by atoms with Gasteiger partial charge in [0.25, 0.3) is 0 Å². The van der Waals surface area contributed by atoms with Crippen LogP contribution in [0.4, 0.5) is 0 Å². The second-order valence-electron chi connectivity index (χ2n) is 4.19. The minimum atomic E-state index is 0.503. The molecule has 0 N–H and O–H groups in total. The van der Waals surface area contributed by atoms with Crippen LogP contribution in [-0.2, 0) is 0 Å². The van der Waals surface area contributed by atoms with E-state index in [1.807, 2.05) is 53.9 Å². The van der Waals surface area contributed by atoms with Gasteiger partial charge in [-0.15, -0.1) is 0 Å². The molecule has 0 fully saturated rings. The summed E-state index contributed by atoms with van der Waals surface area (Å²) in [5, 5.41) is 1.21. The van der Waals surface area contributed by atoms with Gasteiger partial charge in [-0.05, 0) is 30.7 Å². The molecule has 18 heavy (non-hydrogen) atoms. The highest BCUT2D eigenvalue weighted by Gasteiger charge is 2.12. The van der Waals surface area contributed by atoms with E-state index in [1.54, 1.807) is 0 Å². The number of rotatable bonds is 1. The van der Waals surface area contributed by atoms with Crippen LogP contribution in [0.2, 0.25) is 10.2 Å². The Morgan fingerprint density at radius 1 is 1.00 bits per heavy atom. The topological polar surface area (TPSA) is 17.3 Å². The highest BCUT2D eigenvalue weighted by Crippen LogP contribution is 2.29. The maximum absolute atomic E-state index is 6.23. The number of aryl methyl sites for hydroxylation is 1. The molecular formula is C14H10Cl2N2. The highest BCUT2D eigenvalue weighted by molar-refractivity contribution is 6.32. The van der Waals surface area contributed by atoms with Crippen molar-refractivity contribution in [3.8, 4) is 11.3 Å². The highest BCUT2D eigenvalue weighted by atomic mass is 35.5. The lowest BCUT2D eigenvalue weighted by Gasteiger charge is -2.03. The first-order chi connectivity index (χ1) is 8.65. The van der Waals surface area contributed by atoms with E-state index in [4.69, 9.17) is 23.2 Å². The van der Waals surface area contributed by atoms with Crippen molar-refractivity contribution in [3.63, 3.8) is 0 Å². The maximum Gasteiger partial charge on any atom is 0.156 e. The van der Waals surface area contributed by atoms with Crippen molar-refractivity contribution in [2.24, 2.45) is 0 Å². The molecule has 0 saturated carbocycles. The van der Waals surface area contributed by atoms with Crippen molar-refractivity contribution in [1.82, 2.24) is 9.38 Å². The Balaban J connectivity index is 2.30. The first-order valence-corrected chi connectivity index (χ1v) is 6.31. The van der Waals surface area contributed by atoms with Gasteiger partial charge in [0.1, 0.15) is 5.65 Å². The number of nitrogens with zero attached hydrogens (tertiary/aromatic N) is 2. The van der Waals surface area contributed by atoms with Crippen LogP contribution < -0.4 is 0 Å². The third kappa shape index (κ3) is 1.88. The van der Waals surface area contributed by atoms with Crippen molar-refractivity contribution in [1.29, 1.82) is 0 Å². The Morgan fingerprint density at radius 3 is 2.44 bits per heavy atom. The standard InChI is InChI=1S/C14H10Cl2N2/c1-9-2-7-12-17-14(16)13(18(12)8-9)10-3-5-11(15)6-4-10/h2-8H,1H3. The molecule has 2 heterocycles. The van der Waals surface area contributed by atoms with Crippen LogP contribution in [0.25, 0.3) is 16.9 Å². The zero-order chi connectivity index (χ0) is 12.7. The Kier molecular flexibility index (Phi) is 2.77. The smallest absolute Gasteiger partial charge is 0.156 e. The third-order valence-electron chi connectivity index (χ3n) is 2.84. The summed E-state index contributed by atoms with van der Waals surface area (Å²) in [6, 6.07) is 11.6. The van der Waals surface area contributed by atoms with Crippen molar-refractivity contribution < 1.29 is 0 Å². The number of pyridine rings is 1. The minimum absolute atomic E-state index is 0.503. The van der Waals surface area contributed by atoms with Gasteiger partial charge in [-0.2, -0.15) is 0 Å². The molecule has 0 spiro atoms. The molecule has 0 aliphatic carbocycles. The van der Waals surface area contributed by atoms with Crippen molar-refractivity contribution >= 4 is 28.8 Å². The SMILES string of the molecule is Cc1ccc2nc(Cl)c(-c3ccc(Cl)cc3)n2c1. The second-order valence-corrected chi connectivity index (χ2v) is 4.99. The zero-order valence-corrected chi connectivity index (χ0v) is 11.2. The molecule has 3 aromatic rings. The number of aromatic nitrogens is 2. The van der Waals surface area contributed by atoms with Gasteiger partial charge in [0.2, 0.25) is 0 Å². The van der Waals surface area contributed by atoms with Crippen molar-refractivity contribution in [2.45, 2.75) is 6.92 Å². The fourth-order valence-corrected chi connectivity index (χ4v) is 2.40. The van der Waals surface area contributed by atoms with Crippen LogP contribution in [0.5, 0.6) is 0 Å². The summed E-state index contributed by atoms with van der Waals surface area (Å²) in [7, 11) is 0. The summed E-state index contributed by atoms with van der Waals surface area (Å²) in [4.78, 5) is 4.35. The van der Waals surface area contributed by atoms with Gasteiger partial charge in [0, 0.05) is 16.8 Å². The van der Waals surface area contributed by atoms with Crippen LogP contribution in [0.1, 0.15) is 5.56 Å². The minimum Gasteiger partial charge on any atom is -0.298 e. The van der Waals surface area contributed by atoms with E-state index in [-0.39, 0.29) is 0 Å². The molecular weight excluding hydrogens is 267 g/mol. The number of imidazole rings is 1. The van der Waals surface area contributed by atoms with E-state index in [9.17, 15) is 0 Å². The summed E-state index contributed by atoms with van der Waals surface area (Å²) in [5.74, 6) is 0. The molecule has 1 aromatic carbocycles. The number of benzene rings is 1. The molecule has 0 radical (unpaired) electrons. The molecule has 3 rings (SSSR count). The zero-order valence-electron chi connectivity index (χ0n) is 9.69. The Hall–Kier alpha value is -1.51. The number of hydrogen-bond donors (Lipinski definition) is 0. The molecule has 4 heteroatoms. The van der Waals surface area contributed by atoms with Crippen molar-refractivity contribution in [3.05, 3.63) is 58.3 Å². The molecule has 90 valence electrons. The fraction of sp³-hybridized carbons (Fsp3) is 0.0714. The van der Waals surface area contributed by atoms with Crippen LogP contribution in [0, 0.1) is 6.92 Å². The molecule has 0 aliphatic rings. The first kappa shape index (κ1) is 11.6. The summed E-state index contributed by atoms with van der Waals surface area (Å²) in [6.45, 7) is 2.04. The quantitative estimate of drug-likeness (QED) is 0.634. The van der Waals surface area contributed by atoms with E-state index in [0.717, 1.165) is 22.5 Å². The molecule has 0 atom stereocenters. The molecule has 0 unspecified atom stereocenters. The Morgan fingerprint density at radius 2 is 1.72 bits per heavy atom. The summed E-state index contributed by atoms with van der Waals surface area (Å²) >= 11 is 12.1. The second kappa shape index (κ2) is 4.30. The van der Waals surface area contributed by atoms with Gasteiger partial charge in [-0.3, -0.25) is 4.40 Å². The molecule has 0 bridgehead atoms. The first-order valence-electron chi connectivity index (χ1n) is 5.55. The summed E-state index contributed by atoms with van der Waals surface area (Å²) in [6.07, 6.45) is 2.03. The number of fused-ring (bicyclic) bond motifs is 1. The van der Waals surface area contributed by atoms with Crippen LogP contribution in [0.3, 0.4) is 0 Å². The van der Waals surface area contributed by atoms with E-state index in [2.05, 4.69) is 4.98 Å². The predicted octanol–water partition coefficient (Wildman–Crippen LogP) is 4.62. The average Bonchev–Trinajstić information content (AvgIpc) is 2.66. The molecule has 0 amide bonds. The van der Waals surface area contributed by atoms with Crippen LogP contribution >= 0.6 is 23.2 Å². The maximum atomic E-state index is 6.23. The van der Waals surface area contributed by atoms with E-state index < -0.39 is 0 Å². The predicted molar refractivity (Wildman–Crippen MR) is 75.4 cm³/mol. The third-order valence-corrected chi connectivity index (χ3v) is 3.36. The lowest BCUT2D eigenvalue weighted by molar-refractivity contribution is 1.16. The Bertz CT molecular complexity index is 714. The Labute approximate surface area is 115 Å². The summed E-state index contributed by atoms with van der Waals surface area (Å²) < 4.78 is 2.00. The molecule has 0 saturated heterocycles. The van der Waals surface area contributed by atoms with Gasteiger partial charge in [0.15, 0.2) is 5.15 Å². The van der Waals surface area contributed by atoms with Crippen LogP contribution in [-0.4, -0.2) is 9.38 Å². The summed E-state index contributed by atoms with van der Waals surface area (Å²) in [5.41, 5.74) is 3.90. The van der Waals surface area contributed by atoms with Gasteiger partial charge < -0.3 is 0 Å². The molecule has 2 aromatic heterocycles. The lowest BCUT2D eigenvalue weighted by atomic mass is 10.1. The fourth-order valence-electron chi connectivity index (χ4n) is 1.99. The number of hydrogen-bond acceptors (Lipinski definition) is 1.